The van der Waals surface area contributed by atoms with E-state index in [4.69, 9.17) is 0 Å². The highest BCUT2D eigenvalue weighted by atomic mass is 32.2. The third-order valence-electron chi connectivity index (χ3n) is 4.90. The minimum Gasteiger partial charge on any atom is -0.321 e. The van der Waals surface area contributed by atoms with Crippen LogP contribution in [0.3, 0.4) is 0 Å². The number of anilines is 1. The maximum absolute atomic E-state index is 12.9. The fourth-order valence-corrected chi connectivity index (χ4v) is 4.51. The van der Waals surface area contributed by atoms with Crippen LogP contribution in [0, 0.1) is 6.92 Å². The van der Waals surface area contributed by atoms with Crippen molar-refractivity contribution in [3.8, 4) is 0 Å². The molecule has 0 spiro atoms. The predicted molar refractivity (Wildman–Crippen MR) is 121 cm³/mol. The number of carbonyl (C=O) groups is 1. The molecule has 2 N–H and O–H groups in total. The van der Waals surface area contributed by atoms with Crippen molar-refractivity contribution < 1.29 is 13.2 Å². The van der Waals surface area contributed by atoms with Gasteiger partial charge in [0.15, 0.2) is 0 Å². The largest absolute Gasteiger partial charge is 0.321 e. The van der Waals surface area contributed by atoms with Gasteiger partial charge in [-0.15, -0.1) is 0 Å². The molecule has 0 unspecified atom stereocenters. The molecule has 4 rings (SSSR count). The topological polar surface area (TPSA) is 88.2 Å². The summed E-state index contributed by atoms with van der Waals surface area (Å²) in [7, 11) is -3.79. The number of aromatic nitrogens is 1. The van der Waals surface area contributed by atoms with Gasteiger partial charge in [-0.05, 0) is 42.3 Å². The molecular weight excluding hydrogens is 410 g/mol. The van der Waals surface area contributed by atoms with Gasteiger partial charge in [-0.1, -0.05) is 54.6 Å². The van der Waals surface area contributed by atoms with Gasteiger partial charge < -0.3 is 5.32 Å². The van der Waals surface area contributed by atoms with Crippen LogP contribution >= 0.6 is 0 Å². The molecule has 0 aliphatic rings. The van der Waals surface area contributed by atoms with Crippen LogP contribution in [0.4, 0.5) is 5.69 Å². The van der Waals surface area contributed by atoms with Crippen LogP contribution < -0.4 is 10.0 Å². The maximum Gasteiger partial charge on any atom is 0.255 e. The smallest absolute Gasteiger partial charge is 0.255 e. The number of para-hydroxylation sites is 1. The number of fused-ring (bicyclic) bond motifs is 1. The first kappa shape index (κ1) is 20.7. The summed E-state index contributed by atoms with van der Waals surface area (Å²) in [6.07, 6.45) is 1.58. The Hall–Kier alpha value is -3.55. The summed E-state index contributed by atoms with van der Waals surface area (Å²) in [5.74, 6) is -0.406. The first-order chi connectivity index (χ1) is 14.9. The third kappa shape index (κ3) is 4.79. The van der Waals surface area contributed by atoms with Crippen LogP contribution in [0.5, 0.6) is 0 Å². The fraction of sp³-hybridized carbons (Fsp3) is 0.0833. The second-order valence-corrected chi connectivity index (χ2v) is 8.90. The van der Waals surface area contributed by atoms with E-state index in [1.54, 1.807) is 25.3 Å². The van der Waals surface area contributed by atoms with E-state index in [1.165, 1.54) is 6.07 Å². The van der Waals surface area contributed by atoms with E-state index in [9.17, 15) is 13.2 Å². The van der Waals surface area contributed by atoms with E-state index in [2.05, 4.69) is 15.0 Å². The Morgan fingerprint density at radius 1 is 0.935 bits per heavy atom. The second-order valence-electron chi connectivity index (χ2n) is 7.16. The van der Waals surface area contributed by atoms with Gasteiger partial charge in [0.25, 0.3) is 5.91 Å². The second kappa shape index (κ2) is 8.67. The molecule has 0 atom stereocenters. The van der Waals surface area contributed by atoms with E-state index in [0.717, 1.165) is 16.5 Å². The Morgan fingerprint density at radius 2 is 1.68 bits per heavy atom. The summed E-state index contributed by atoms with van der Waals surface area (Å²) in [5, 5.41) is 3.69. The van der Waals surface area contributed by atoms with Gasteiger partial charge in [0.1, 0.15) is 0 Å². The molecule has 7 heteroatoms. The predicted octanol–water partition coefficient (Wildman–Crippen LogP) is 4.27. The molecule has 1 amide bonds. The van der Waals surface area contributed by atoms with Crippen molar-refractivity contribution in [1.29, 1.82) is 0 Å². The molecule has 0 saturated carbocycles. The van der Waals surface area contributed by atoms with Gasteiger partial charge in [0, 0.05) is 17.5 Å². The molecule has 0 bridgehead atoms. The standard InChI is InChI=1S/C24H21N3O3S/c1-17-11-12-20(14-23(17)31(29,30)26-15-18-7-3-2-4-8-18)24(28)27-21-13-19-9-5-6-10-22(19)25-16-21/h2-14,16,26H,15H2,1H3,(H,27,28). The highest BCUT2D eigenvalue weighted by Gasteiger charge is 2.19. The average Bonchev–Trinajstić information content (AvgIpc) is 2.78. The van der Waals surface area contributed by atoms with Crippen molar-refractivity contribution in [2.45, 2.75) is 18.4 Å². The van der Waals surface area contributed by atoms with E-state index < -0.39 is 15.9 Å². The molecule has 156 valence electrons. The molecule has 31 heavy (non-hydrogen) atoms. The Bertz CT molecular complexity index is 1350. The number of rotatable bonds is 6. The number of carbonyl (C=O) groups excluding carboxylic acids is 1. The molecule has 1 aromatic heterocycles. The van der Waals surface area contributed by atoms with E-state index in [1.807, 2.05) is 60.7 Å². The summed E-state index contributed by atoms with van der Waals surface area (Å²) in [5.41, 5.74) is 3.02. The SMILES string of the molecule is Cc1ccc(C(=O)Nc2cnc3ccccc3c2)cc1S(=O)(=O)NCc1ccccc1. The van der Waals surface area contributed by atoms with Crippen molar-refractivity contribution in [2.24, 2.45) is 0 Å². The van der Waals surface area contributed by atoms with Crippen LogP contribution in [0.1, 0.15) is 21.5 Å². The van der Waals surface area contributed by atoms with Gasteiger partial charge in [-0.2, -0.15) is 0 Å². The summed E-state index contributed by atoms with van der Waals surface area (Å²) in [6.45, 7) is 1.87. The van der Waals surface area contributed by atoms with Crippen LogP contribution in [0.2, 0.25) is 0 Å². The molecule has 0 aliphatic heterocycles. The average molecular weight is 432 g/mol. The van der Waals surface area contributed by atoms with Gasteiger partial charge in [-0.3, -0.25) is 9.78 Å². The van der Waals surface area contributed by atoms with E-state index in [0.29, 0.717) is 11.3 Å². The quantitative estimate of drug-likeness (QED) is 0.477. The van der Waals surface area contributed by atoms with E-state index >= 15 is 0 Å². The maximum atomic E-state index is 12.9. The molecule has 0 fully saturated rings. The third-order valence-corrected chi connectivity index (χ3v) is 6.44. The number of hydrogen-bond acceptors (Lipinski definition) is 4. The highest BCUT2D eigenvalue weighted by Crippen LogP contribution is 2.20. The Labute approximate surface area is 181 Å². The summed E-state index contributed by atoms with van der Waals surface area (Å²) >= 11 is 0. The lowest BCUT2D eigenvalue weighted by molar-refractivity contribution is 0.102. The molecule has 0 radical (unpaired) electrons. The zero-order valence-corrected chi connectivity index (χ0v) is 17.7. The summed E-state index contributed by atoms with van der Waals surface area (Å²) in [4.78, 5) is 17.2. The monoisotopic (exact) mass is 431 g/mol. The molecular formula is C24H21N3O3S. The zero-order chi connectivity index (χ0) is 21.8. The van der Waals surface area contributed by atoms with Gasteiger partial charge >= 0.3 is 0 Å². The molecule has 6 nitrogen and oxygen atoms in total. The first-order valence-electron chi connectivity index (χ1n) is 9.73. The first-order valence-corrected chi connectivity index (χ1v) is 11.2. The Balaban J connectivity index is 1.55. The minimum atomic E-state index is -3.79. The molecule has 0 aliphatic carbocycles. The number of sulfonamides is 1. The lowest BCUT2D eigenvalue weighted by Crippen LogP contribution is -2.24. The van der Waals surface area contributed by atoms with E-state index in [-0.39, 0.29) is 17.0 Å². The molecule has 1 heterocycles. The number of benzene rings is 3. The van der Waals surface area contributed by atoms with Crippen molar-refractivity contribution in [3.63, 3.8) is 0 Å². The fourth-order valence-electron chi connectivity index (χ4n) is 3.23. The van der Waals surface area contributed by atoms with Crippen molar-refractivity contribution in [1.82, 2.24) is 9.71 Å². The molecule has 4 aromatic rings. The van der Waals surface area contributed by atoms with Crippen molar-refractivity contribution in [2.75, 3.05) is 5.32 Å². The Morgan fingerprint density at radius 3 is 2.48 bits per heavy atom. The number of hydrogen-bond donors (Lipinski definition) is 2. The minimum absolute atomic E-state index is 0.0766. The van der Waals surface area contributed by atoms with Crippen LogP contribution in [-0.2, 0) is 16.6 Å². The van der Waals surface area contributed by atoms with Crippen molar-refractivity contribution >= 4 is 32.5 Å². The van der Waals surface area contributed by atoms with Crippen LogP contribution in [-0.4, -0.2) is 19.3 Å². The number of aryl methyl sites for hydroxylation is 1. The molecule has 3 aromatic carbocycles. The number of nitrogens with zero attached hydrogens (tertiary/aromatic N) is 1. The van der Waals surface area contributed by atoms with Crippen molar-refractivity contribution in [3.05, 3.63) is 102 Å². The number of amides is 1. The Kier molecular flexibility index (Phi) is 5.79. The van der Waals surface area contributed by atoms with Crippen LogP contribution in [0.25, 0.3) is 10.9 Å². The van der Waals surface area contributed by atoms with Gasteiger partial charge in [-0.25, -0.2) is 13.1 Å². The van der Waals surface area contributed by atoms with Gasteiger partial charge in [0.05, 0.1) is 22.3 Å². The van der Waals surface area contributed by atoms with Gasteiger partial charge in [0.2, 0.25) is 10.0 Å². The normalized spacial score (nSPS) is 11.4. The molecule has 0 saturated heterocycles. The zero-order valence-electron chi connectivity index (χ0n) is 16.9. The lowest BCUT2D eigenvalue weighted by atomic mass is 10.1. The lowest BCUT2D eigenvalue weighted by Gasteiger charge is -2.12. The van der Waals surface area contributed by atoms with Crippen LogP contribution in [0.15, 0.2) is 90.0 Å². The highest BCUT2D eigenvalue weighted by molar-refractivity contribution is 7.89. The summed E-state index contributed by atoms with van der Waals surface area (Å²) < 4.78 is 28.3. The number of pyridine rings is 1. The summed E-state index contributed by atoms with van der Waals surface area (Å²) in [6, 6.07) is 23.3. The number of nitrogens with one attached hydrogen (secondary N) is 2.